The number of thioether (sulfide) groups is 1. The quantitative estimate of drug-likeness (QED) is 0.752. The van der Waals surface area contributed by atoms with E-state index in [-0.39, 0.29) is 0 Å². The van der Waals surface area contributed by atoms with Crippen LogP contribution in [0.2, 0.25) is 0 Å². The third-order valence-electron chi connectivity index (χ3n) is 1.62. The lowest BCUT2D eigenvalue weighted by Crippen LogP contribution is -2.11. The third-order valence-corrected chi connectivity index (χ3v) is 2.89. The van der Waals surface area contributed by atoms with Crippen LogP contribution in [0.25, 0.3) is 0 Å². The summed E-state index contributed by atoms with van der Waals surface area (Å²) in [6.45, 7) is 3.59. The molecule has 1 unspecified atom stereocenters. The largest absolute Gasteiger partial charge is 0.480 e. The van der Waals surface area contributed by atoms with E-state index in [0.717, 1.165) is 10.5 Å². The maximum absolute atomic E-state index is 10.6. The first-order valence-corrected chi connectivity index (χ1v) is 4.79. The summed E-state index contributed by atoms with van der Waals surface area (Å²) in [5.74, 6) is -0.791. The van der Waals surface area contributed by atoms with Crippen LogP contribution in [0.1, 0.15) is 12.5 Å². The van der Waals surface area contributed by atoms with Crippen LogP contribution in [0.5, 0.6) is 0 Å². The lowest BCUT2D eigenvalue weighted by Gasteiger charge is -2.07. The van der Waals surface area contributed by atoms with E-state index in [1.807, 2.05) is 13.0 Å². The van der Waals surface area contributed by atoms with Crippen molar-refractivity contribution in [1.29, 1.82) is 0 Å². The smallest absolute Gasteiger partial charge is 0.316 e. The number of aromatic nitrogens is 1. The molecule has 4 heteroatoms. The molecule has 0 radical (unpaired) electrons. The number of hydrogen-bond acceptors (Lipinski definition) is 3. The Labute approximate surface area is 81.2 Å². The zero-order valence-electron chi connectivity index (χ0n) is 7.52. The van der Waals surface area contributed by atoms with Crippen LogP contribution < -0.4 is 0 Å². The summed E-state index contributed by atoms with van der Waals surface area (Å²) in [6.07, 6.45) is 3.40. The summed E-state index contributed by atoms with van der Waals surface area (Å²) in [5.41, 5.74) is 1.01. The van der Waals surface area contributed by atoms with Crippen LogP contribution in [-0.4, -0.2) is 21.3 Å². The second-order valence-corrected chi connectivity index (χ2v) is 4.12. The number of nitrogens with zero attached hydrogens (tertiary/aromatic N) is 1. The van der Waals surface area contributed by atoms with E-state index in [4.69, 9.17) is 5.11 Å². The first-order valence-electron chi connectivity index (χ1n) is 3.91. The van der Waals surface area contributed by atoms with E-state index in [1.165, 1.54) is 11.8 Å². The van der Waals surface area contributed by atoms with Gasteiger partial charge in [-0.25, -0.2) is 0 Å². The molecule has 1 heterocycles. The topological polar surface area (TPSA) is 50.2 Å². The number of pyridine rings is 1. The highest BCUT2D eigenvalue weighted by atomic mass is 32.2. The molecule has 1 rings (SSSR count). The van der Waals surface area contributed by atoms with Crippen molar-refractivity contribution in [2.24, 2.45) is 0 Å². The van der Waals surface area contributed by atoms with Crippen LogP contribution in [-0.2, 0) is 4.79 Å². The second kappa shape index (κ2) is 4.28. The number of rotatable bonds is 3. The number of carboxylic acids is 1. The molecule has 0 saturated carbocycles. The van der Waals surface area contributed by atoms with Gasteiger partial charge in [0.25, 0.3) is 0 Å². The minimum absolute atomic E-state index is 0.416. The number of carboxylic acid groups (broad SMARTS) is 1. The standard InChI is InChI=1S/C9H11NO2S/c1-6-5-10-4-3-8(6)13-7(2)9(11)12/h3-5,7H,1-2H3,(H,11,12). The number of aliphatic carboxylic acids is 1. The van der Waals surface area contributed by atoms with Gasteiger partial charge >= 0.3 is 5.97 Å². The average molecular weight is 197 g/mol. The van der Waals surface area contributed by atoms with Crippen molar-refractivity contribution in [3.63, 3.8) is 0 Å². The molecule has 3 nitrogen and oxygen atoms in total. The fourth-order valence-corrected chi connectivity index (χ4v) is 1.69. The Morgan fingerprint density at radius 1 is 1.69 bits per heavy atom. The molecular weight excluding hydrogens is 186 g/mol. The molecule has 0 amide bonds. The van der Waals surface area contributed by atoms with Crippen molar-refractivity contribution >= 4 is 17.7 Å². The summed E-state index contributed by atoms with van der Waals surface area (Å²) in [6, 6.07) is 1.83. The van der Waals surface area contributed by atoms with E-state index in [2.05, 4.69) is 4.98 Å². The van der Waals surface area contributed by atoms with Gasteiger partial charge in [0.15, 0.2) is 0 Å². The van der Waals surface area contributed by atoms with Gasteiger partial charge in [-0.05, 0) is 25.5 Å². The highest BCUT2D eigenvalue weighted by molar-refractivity contribution is 8.00. The van der Waals surface area contributed by atoms with Crippen LogP contribution in [0, 0.1) is 6.92 Å². The van der Waals surface area contributed by atoms with E-state index >= 15 is 0 Å². The van der Waals surface area contributed by atoms with E-state index in [0.29, 0.717) is 0 Å². The highest BCUT2D eigenvalue weighted by Gasteiger charge is 2.13. The Bertz CT molecular complexity index is 314. The molecule has 0 fully saturated rings. The van der Waals surface area contributed by atoms with Gasteiger partial charge in [0.05, 0.1) is 0 Å². The lowest BCUT2D eigenvalue weighted by atomic mass is 10.3. The van der Waals surface area contributed by atoms with E-state index in [1.54, 1.807) is 19.3 Å². The monoisotopic (exact) mass is 197 g/mol. The van der Waals surface area contributed by atoms with Gasteiger partial charge in [-0.1, -0.05) is 0 Å². The van der Waals surface area contributed by atoms with Crippen LogP contribution >= 0.6 is 11.8 Å². The van der Waals surface area contributed by atoms with Crippen molar-refractivity contribution in [1.82, 2.24) is 4.98 Å². The van der Waals surface area contributed by atoms with Crippen molar-refractivity contribution < 1.29 is 9.90 Å². The fraction of sp³-hybridized carbons (Fsp3) is 0.333. The Kier molecular flexibility index (Phi) is 3.31. The van der Waals surface area contributed by atoms with Crippen LogP contribution in [0.3, 0.4) is 0 Å². The molecule has 0 aliphatic heterocycles. The minimum atomic E-state index is -0.791. The summed E-state index contributed by atoms with van der Waals surface area (Å²) < 4.78 is 0. The maximum atomic E-state index is 10.6. The lowest BCUT2D eigenvalue weighted by molar-refractivity contribution is -0.136. The molecule has 0 bridgehead atoms. The molecular formula is C9H11NO2S. The normalized spacial score (nSPS) is 12.5. The molecule has 1 atom stereocenters. The minimum Gasteiger partial charge on any atom is -0.480 e. The van der Waals surface area contributed by atoms with Gasteiger partial charge in [-0.15, -0.1) is 11.8 Å². The molecule has 0 aliphatic rings. The highest BCUT2D eigenvalue weighted by Crippen LogP contribution is 2.25. The predicted octanol–water partition coefficient (Wildman–Crippen LogP) is 1.96. The molecule has 0 saturated heterocycles. The number of aryl methyl sites for hydroxylation is 1. The Balaban J connectivity index is 2.74. The molecule has 0 spiro atoms. The van der Waals surface area contributed by atoms with Crippen molar-refractivity contribution in [2.45, 2.75) is 24.0 Å². The van der Waals surface area contributed by atoms with Crippen LogP contribution in [0.15, 0.2) is 23.4 Å². The first kappa shape index (κ1) is 10.1. The average Bonchev–Trinajstić information content (AvgIpc) is 2.08. The zero-order valence-corrected chi connectivity index (χ0v) is 8.34. The van der Waals surface area contributed by atoms with E-state index < -0.39 is 11.2 Å². The maximum Gasteiger partial charge on any atom is 0.316 e. The third kappa shape index (κ3) is 2.73. The van der Waals surface area contributed by atoms with Crippen molar-refractivity contribution in [2.75, 3.05) is 0 Å². The fourth-order valence-electron chi connectivity index (χ4n) is 0.834. The number of hydrogen-bond donors (Lipinski definition) is 1. The van der Waals surface area contributed by atoms with Gasteiger partial charge in [-0.2, -0.15) is 0 Å². The van der Waals surface area contributed by atoms with Gasteiger partial charge in [0.1, 0.15) is 5.25 Å². The molecule has 70 valence electrons. The number of carbonyl (C=O) groups is 1. The van der Waals surface area contributed by atoms with Gasteiger partial charge in [0.2, 0.25) is 0 Å². The van der Waals surface area contributed by atoms with Gasteiger partial charge < -0.3 is 5.11 Å². The zero-order chi connectivity index (χ0) is 9.84. The van der Waals surface area contributed by atoms with Gasteiger partial charge in [-0.3, -0.25) is 9.78 Å². The molecule has 1 aromatic rings. The molecule has 1 aromatic heterocycles. The molecule has 0 aromatic carbocycles. The summed E-state index contributed by atoms with van der Waals surface area (Å²) in [5, 5.41) is 8.28. The molecule has 13 heavy (non-hydrogen) atoms. The Morgan fingerprint density at radius 2 is 2.38 bits per heavy atom. The Hall–Kier alpha value is -1.03. The van der Waals surface area contributed by atoms with Crippen LogP contribution in [0.4, 0.5) is 0 Å². The summed E-state index contributed by atoms with van der Waals surface area (Å²) in [4.78, 5) is 15.5. The summed E-state index contributed by atoms with van der Waals surface area (Å²) in [7, 11) is 0. The van der Waals surface area contributed by atoms with Crippen molar-refractivity contribution in [3.05, 3.63) is 24.0 Å². The second-order valence-electron chi connectivity index (χ2n) is 2.74. The Morgan fingerprint density at radius 3 is 2.92 bits per heavy atom. The van der Waals surface area contributed by atoms with Gasteiger partial charge in [0, 0.05) is 17.3 Å². The molecule has 0 aliphatic carbocycles. The first-order chi connectivity index (χ1) is 6.11. The van der Waals surface area contributed by atoms with Crippen molar-refractivity contribution in [3.8, 4) is 0 Å². The predicted molar refractivity (Wildman–Crippen MR) is 51.9 cm³/mol. The van der Waals surface area contributed by atoms with E-state index in [9.17, 15) is 4.79 Å². The molecule has 1 N–H and O–H groups in total. The SMILES string of the molecule is Cc1cnccc1SC(C)C(=O)O. The summed E-state index contributed by atoms with van der Waals surface area (Å²) >= 11 is 1.34.